The summed E-state index contributed by atoms with van der Waals surface area (Å²) in [5.74, 6) is 0.592. The lowest BCUT2D eigenvalue weighted by Gasteiger charge is -2.12. The molecule has 2 aromatic rings. The number of amides is 1. The molecule has 2 aromatic heterocycles. The third-order valence-corrected chi connectivity index (χ3v) is 2.86. The molecule has 2 rings (SSSR count). The topological polar surface area (TPSA) is 64.1 Å². The average molecular weight is 306 g/mol. The van der Waals surface area contributed by atoms with Crippen LogP contribution in [0.2, 0.25) is 5.02 Å². The first kappa shape index (κ1) is 15.3. The molecule has 6 heteroatoms. The van der Waals surface area contributed by atoms with Crippen LogP contribution in [-0.2, 0) is 0 Å². The zero-order valence-electron chi connectivity index (χ0n) is 11.8. The maximum absolute atomic E-state index is 12.3. The summed E-state index contributed by atoms with van der Waals surface area (Å²) >= 11 is 5.97. The summed E-state index contributed by atoms with van der Waals surface area (Å²) in [6.45, 7) is 4.54. The summed E-state index contributed by atoms with van der Waals surface area (Å²) in [5, 5.41) is 3.03. The van der Waals surface area contributed by atoms with Crippen LogP contribution in [0.25, 0.3) is 0 Å². The molecule has 0 aliphatic carbocycles. The number of carbonyl (C=O) groups is 1. The van der Waals surface area contributed by atoms with Gasteiger partial charge in [0.1, 0.15) is 5.56 Å². The Labute approximate surface area is 128 Å². The number of rotatable bonds is 5. The second-order valence-electron chi connectivity index (χ2n) is 4.85. The highest BCUT2D eigenvalue weighted by Gasteiger charge is 2.15. The van der Waals surface area contributed by atoms with Crippen LogP contribution in [-0.4, -0.2) is 22.5 Å². The van der Waals surface area contributed by atoms with Gasteiger partial charge in [-0.15, -0.1) is 0 Å². The minimum Gasteiger partial charge on any atom is -0.477 e. The first-order chi connectivity index (χ1) is 10.1. The van der Waals surface area contributed by atoms with Gasteiger partial charge in [-0.25, -0.2) is 9.97 Å². The van der Waals surface area contributed by atoms with Gasteiger partial charge >= 0.3 is 0 Å². The van der Waals surface area contributed by atoms with Gasteiger partial charge in [0.05, 0.1) is 11.6 Å². The molecule has 0 atom stereocenters. The molecule has 0 unspecified atom stereocenters. The number of aromatic nitrogens is 2. The first-order valence-corrected chi connectivity index (χ1v) is 6.95. The van der Waals surface area contributed by atoms with E-state index in [4.69, 9.17) is 16.3 Å². The van der Waals surface area contributed by atoms with E-state index in [1.165, 1.54) is 0 Å². The lowest BCUT2D eigenvalue weighted by atomic mass is 10.2. The molecule has 2 heterocycles. The minimum absolute atomic E-state index is 0.302. The van der Waals surface area contributed by atoms with E-state index in [2.05, 4.69) is 15.3 Å². The molecule has 0 saturated heterocycles. The third-order valence-electron chi connectivity index (χ3n) is 2.56. The van der Waals surface area contributed by atoms with Gasteiger partial charge in [-0.3, -0.25) is 4.79 Å². The van der Waals surface area contributed by atoms with E-state index in [9.17, 15) is 4.79 Å². The Morgan fingerprint density at radius 3 is 2.71 bits per heavy atom. The monoisotopic (exact) mass is 305 g/mol. The zero-order chi connectivity index (χ0) is 15.2. The van der Waals surface area contributed by atoms with Crippen molar-refractivity contribution in [2.24, 2.45) is 5.92 Å². The van der Waals surface area contributed by atoms with Crippen molar-refractivity contribution in [2.45, 2.75) is 13.8 Å². The molecule has 0 aromatic carbocycles. The maximum Gasteiger partial charge on any atom is 0.262 e. The van der Waals surface area contributed by atoms with E-state index >= 15 is 0 Å². The number of hydrogen-bond donors (Lipinski definition) is 1. The van der Waals surface area contributed by atoms with E-state index in [1.807, 2.05) is 13.8 Å². The number of carbonyl (C=O) groups excluding carboxylic acids is 1. The van der Waals surface area contributed by atoms with Crippen LogP contribution in [0.3, 0.4) is 0 Å². The smallest absolute Gasteiger partial charge is 0.262 e. The standard InChI is InChI=1S/C15H16ClN3O2/c1-10(2)9-21-15-11(5-3-8-18-15)14(20)19-13-12(16)6-4-7-17-13/h3-8,10H,9H2,1-2H3,(H,17,19,20). The van der Waals surface area contributed by atoms with Crippen molar-refractivity contribution in [3.05, 3.63) is 47.2 Å². The number of halogens is 1. The first-order valence-electron chi connectivity index (χ1n) is 6.57. The molecule has 0 bridgehead atoms. The molecule has 0 aliphatic heterocycles. The highest BCUT2D eigenvalue weighted by molar-refractivity contribution is 6.33. The molecule has 1 N–H and O–H groups in total. The van der Waals surface area contributed by atoms with Crippen molar-refractivity contribution in [3.8, 4) is 5.88 Å². The molecule has 0 spiro atoms. The summed E-state index contributed by atoms with van der Waals surface area (Å²) in [5.41, 5.74) is 0.347. The van der Waals surface area contributed by atoms with Gasteiger partial charge in [-0.2, -0.15) is 0 Å². The average Bonchev–Trinajstić information content (AvgIpc) is 2.47. The Kier molecular flexibility index (Phi) is 5.11. The van der Waals surface area contributed by atoms with Crippen LogP contribution in [0.15, 0.2) is 36.7 Å². The van der Waals surface area contributed by atoms with Gasteiger partial charge in [0, 0.05) is 12.4 Å². The molecule has 0 radical (unpaired) electrons. The van der Waals surface area contributed by atoms with Crippen molar-refractivity contribution in [2.75, 3.05) is 11.9 Å². The number of nitrogens with zero attached hydrogens (tertiary/aromatic N) is 2. The summed E-state index contributed by atoms with van der Waals surface area (Å²) in [4.78, 5) is 20.4. The van der Waals surface area contributed by atoms with Gasteiger partial charge in [-0.05, 0) is 30.2 Å². The molecule has 0 saturated carbocycles. The lowest BCUT2D eigenvalue weighted by Crippen LogP contribution is -2.16. The summed E-state index contributed by atoms with van der Waals surface area (Å²) in [7, 11) is 0. The van der Waals surface area contributed by atoms with Gasteiger partial charge in [0.2, 0.25) is 5.88 Å². The molecule has 0 fully saturated rings. The summed E-state index contributed by atoms with van der Waals surface area (Å²) in [6.07, 6.45) is 3.14. The van der Waals surface area contributed by atoms with E-state index < -0.39 is 0 Å². The third kappa shape index (κ3) is 4.16. The quantitative estimate of drug-likeness (QED) is 0.919. The predicted octanol–water partition coefficient (Wildman–Crippen LogP) is 3.42. The number of anilines is 1. The van der Waals surface area contributed by atoms with E-state index in [0.717, 1.165) is 0 Å². The fourth-order valence-corrected chi connectivity index (χ4v) is 1.75. The Bertz CT molecular complexity index is 632. The Morgan fingerprint density at radius 1 is 1.29 bits per heavy atom. The van der Waals surface area contributed by atoms with Crippen LogP contribution in [0, 0.1) is 5.92 Å². The summed E-state index contributed by atoms with van der Waals surface area (Å²) < 4.78 is 5.56. The zero-order valence-corrected chi connectivity index (χ0v) is 12.6. The minimum atomic E-state index is -0.359. The van der Waals surface area contributed by atoms with Crippen molar-refractivity contribution in [1.82, 2.24) is 9.97 Å². The van der Waals surface area contributed by atoms with Gasteiger partial charge < -0.3 is 10.1 Å². The largest absolute Gasteiger partial charge is 0.477 e. The number of pyridine rings is 2. The van der Waals surface area contributed by atoms with Crippen molar-refractivity contribution in [3.63, 3.8) is 0 Å². The molecule has 110 valence electrons. The second kappa shape index (κ2) is 7.04. The van der Waals surface area contributed by atoms with Crippen LogP contribution in [0.1, 0.15) is 24.2 Å². The van der Waals surface area contributed by atoms with Crippen LogP contribution in [0.5, 0.6) is 5.88 Å². The number of nitrogens with one attached hydrogen (secondary N) is 1. The van der Waals surface area contributed by atoms with Gasteiger partial charge in [-0.1, -0.05) is 25.4 Å². The fraction of sp³-hybridized carbons (Fsp3) is 0.267. The van der Waals surface area contributed by atoms with E-state index in [-0.39, 0.29) is 5.91 Å². The van der Waals surface area contributed by atoms with Crippen LogP contribution >= 0.6 is 11.6 Å². The van der Waals surface area contributed by atoms with Gasteiger partial charge in [0.15, 0.2) is 5.82 Å². The molecular weight excluding hydrogens is 290 g/mol. The Balaban J connectivity index is 2.17. The molecule has 0 aliphatic rings. The highest BCUT2D eigenvalue weighted by atomic mass is 35.5. The lowest BCUT2D eigenvalue weighted by molar-refractivity contribution is 0.102. The van der Waals surface area contributed by atoms with Crippen LogP contribution < -0.4 is 10.1 Å². The number of ether oxygens (including phenoxy) is 1. The molecule has 21 heavy (non-hydrogen) atoms. The van der Waals surface area contributed by atoms with Crippen molar-refractivity contribution >= 4 is 23.3 Å². The van der Waals surface area contributed by atoms with E-state index in [0.29, 0.717) is 34.8 Å². The normalized spacial score (nSPS) is 10.5. The van der Waals surface area contributed by atoms with Crippen LogP contribution in [0.4, 0.5) is 5.82 Å². The van der Waals surface area contributed by atoms with Crippen molar-refractivity contribution in [1.29, 1.82) is 0 Å². The number of hydrogen-bond acceptors (Lipinski definition) is 4. The molecule has 1 amide bonds. The SMILES string of the molecule is CC(C)COc1ncccc1C(=O)Nc1ncccc1Cl. The fourth-order valence-electron chi connectivity index (χ4n) is 1.58. The highest BCUT2D eigenvalue weighted by Crippen LogP contribution is 2.21. The Hall–Kier alpha value is -2.14. The second-order valence-corrected chi connectivity index (χ2v) is 5.26. The predicted molar refractivity (Wildman–Crippen MR) is 81.8 cm³/mol. The van der Waals surface area contributed by atoms with Gasteiger partial charge in [0.25, 0.3) is 5.91 Å². The van der Waals surface area contributed by atoms with E-state index in [1.54, 1.807) is 36.7 Å². The molecule has 5 nitrogen and oxygen atoms in total. The Morgan fingerprint density at radius 2 is 2.00 bits per heavy atom. The molecular formula is C15H16ClN3O2. The van der Waals surface area contributed by atoms with Crippen molar-refractivity contribution < 1.29 is 9.53 Å². The maximum atomic E-state index is 12.3. The summed E-state index contributed by atoms with van der Waals surface area (Å²) in [6, 6.07) is 6.68.